The molecule has 2 fully saturated rings. The minimum Gasteiger partial charge on any atom is -0.366 e. The third-order valence-corrected chi connectivity index (χ3v) is 5.23. The Morgan fingerprint density at radius 3 is 2.32 bits per heavy atom. The van der Waals surface area contributed by atoms with Crippen molar-refractivity contribution in [1.29, 1.82) is 0 Å². The van der Waals surface area contributed by atoms with Crippen molar-refractivity contribution >= 4 is 5.91 Å². The van der Waals surface area contributed by atoms with Gasteiger partial charge in [-0.15, -0.1) is 0 Å². The lowest BCUT2D eigenvalue weighted by molar-refractivity contribution is 0.100. The summed E-state index contributed by atoms with van der Waals surface area (Å²) < 4.78 is 0. The summed E-state index contributed by atoms with van der Waals surface area (Å²) in [6, 6.07) is 7.87. The van der Waals surface area contributed by atoms with Crippen molar-refractivity contribution in [1.82, 2.24) is 10.2 Å². The van der Waals surface area contributed by atoms with Crippen LogP contribution in [-0.4, -0.2) is 43.5 Å². The number of benzene rings is 1. The molecular formula is C18H27N3O. The number of nitrogens with one attached hydrogen (secondary N) is 1. The Morgan fingerprint density at radius 2 is 1.73 bits per heavy atom. The van der Waals surface area contributed by atoms with Crippen LogP contribution in [0.4, 0.5) is 0 Å². The maximum atomic E-state index is 11.1. The van der Waals surface area contributed by atoms with Crippen molar-refractivity contribution < 1.29 is 4.79 Å². The maximum absolute atomic E-state index is 11.1. The molecule has 22 heavy (non-hydrogen) atoms. The van der Waals surface area contributed by atoms with Crippen LogP contribution >= 0.6 is 0 Å². The van der Waals surface area contributed by atoms with Crippen LogP contribution in [0, 0.1) is 5.92 Å². The van der Waals surface area contributed by atoms with E-state index in [-0.39, 0.29) is 5.91 Å². The molecule has 3 rings (SSSR count). The number of likely N-dealkylation sites (tertiary alicyclic amines) is 1. The van der Waals surface area contributed by atoms with Gasteiger partial charge in [-0.05, 0) is 81.4 Å². The molecule has 0 aliphatic carbocycles. The number of carbonyl (C=O) groups is 1. The molecule has 2 heterocycles. The predicted octanol–water partition coefficient (Wildman–Crippen LogP) is 1.96. The number of carbonyl (C=O) groups excluding carboxylic acids is 1. The predicted molar refractivity (Wildman–Crippen MR) is 89.0 cm³/mol. The third kappa shape index (κ3) is 3.87. The van der Waals surface area contributed by atoms with Gasteiger partial charge in [-0.25, -0.2) is 0 Å². The fraction of sp³-hybridized carbons (Fsp3) is 0.611. The first-order valence-electron chi connectivity index (χ1n) is 8.55. The van der Waals surface area contributed by atoms with E-state index in [9.17, 15) is 4.79 Å². The highest BCUT2D eigenvalue weighted by atomic mass is 16.1. The molecule has 2 saturated heterocycles. The summed E-state index contributed by atoms with van der Waals surface area (Å²) in [5.74, 6) is 1.17. The second-order valence-electron chi connectivity index (χ2n) is 6.75. The summed E-state index contributed by atoms with van der Waals surface area (Å²) >= 11 is 0. The highest BCUT2D eigenvalue weighted by Crippen LogP contribution is 2.29. The van der Waals surface area contributed by atoms with Crippen molar-refractivity contribution in [3.63, 3.8) is 0 Å². The van der Waals surface area contributed by atoms with Crippen LogP contribution in [0.1, 0.15) is 47.5 Å². The third-order valence-electron chi connectivity index (χ3n) is 5.23. The molecule has 4 heteroatoms. The van der Waals surface area contributed by atoms with Gasteiger partial charge < -0.3 is 16.0 Å². The summed E-state index contributed by atoms with van der Waals surface area (Å²) in [4.78, 5) is 13.8. The molecule has 3 N–H and O–H groups in total. The number of rotatable bonds is 4. The Morgan fingerprint density at radius 1 is 1.09 bits per heavy atom. The van der Waals surface area contributed by atoms with Crippen LogP contribution in [0.25, 0.3) is 0 Å². The normalized spacial score (nSPS) is 21.8. The van der Waals surface area contributed by atoms with Crippen LogP contribution < -0.4 is 11.1 Å². The van der Waals surface area contributed by atoms with E-state index >= 15 is 0 Å². The second-order valence-corrected chi connectivity index (χ2v) is 6.75. The van der Waals surface area contributed by atoms with Crippen LogP contribution in [0.2, 0.25) is 0 Å². The first-order chi connectivity index (χ1) is 10.7. The molecule has 0 saturated carbocycles. The van der Waals surface area contributed by atoms with Crippen molar-refractivity contribution in [3.05, 3.63) is 35.4 Å². The molecule has 2 aliphatic rings. The lowest BCUT2D eigenvalue weighted by Gasteiger charge is -2.35. The van der Waals surface area contributed by atoms with E-state index in [0.29, 0.717) is 11.5 Å². The van der Waals surface area contributed by atoms with Gasteiger partial charge in [0.1, 0.15) is 0 Å². The van der Waals surface area contributed by atoms with Crippen LogP contribution in [0.3, 0.4) is 0 Å². The number of piperidine rings is 2. The first kappa shape index (κ1) is 15.5. The second kappa shape index (κ2) is 7.25. The molecule has 0 radical (unpaired) electrons. The van der Waals surface area contributed by atoms with E-state index in [1.54, 1.807) is 0 Å². The molecular weight excluding hydrogens is 274 g/mol. The van der Waals surface area contributed by atoms with Gasteiger partial charge in [-0.2, -0.15) is 0 Å². The van der Waals surface area contributed by atoms with Crippen molar-refractivity contribution in [3.8, 4) is 0 Å². The number of primary amides is 1. The number of amides is 1. The van der Waals surface area contributed by atoms with Gasteiger partial charge >= 0.3 is 0 Å². The van der Waals surface area contributed by atoms with E-state index in [4.69, 9.17) is 5.73 Å². The Kier molecular flexibility index (Phi) is 5.11. The monoisotopic (exact) mass is 301 g/mol. The summed E-state index contributed by atoms with van der Waals surface area (Å²) in [6.07, 6.45) is 5.10. The van der Waals surface area contributed by atoms with E-state index in [1.807, 2.05) is 12.1 Å². The highest BCUT2D eigenvalue weighted by molar-refractivity contribution is 5.92. The molecule has 120 valence electrons. The highest BCUT2D eigenvalue weighted by Gasteiger charge is 2.23. The largest absolute Gasteiger partial charge is 0.366 e. The van der Waals surface area contributed by atoms with Gasteiger partial charge in [0.15, 0.2) is 0 Å². The fourth-order valence-corrected chi connectivity index (χ4v) is 3.80. The zero-order chi connectivity index (χ0) is 15.4. The van der Waals surface area contributed by atoms with Gasteiger partial charge in [-0.1, -0.05) is 12.1 Å². The number of hydrogen-bond acceptors (Lipinski definition) is 3. The smallest absolute Gasteiger partial charge is 0.248 e. The SMILES string of the molecule is NC(=O)c1ccc(C2CCN(CC3CCNCC3)CC2)cc1. The van der Waals surface area contributed by atoms with E-state index in [1.165, 1.54) is 64.0 Å². The number of hydrogen-bond donors (Lipinski definition) is 2. The fourth-order valence-electron chi connectivity index (χ4n) is 3.80. The number of nitrogens with two attached hydrogens (primary N) is 1. The maximum Gasteiger partial charge on any atom is 0.248 e. The topological polar surface area (TPSA) is 58.4 Å². The standard InChI is InChI=1S/C18H27N3O/c19-18(22)17-3-1-15(2-4-17)16-7-11-21(12-8-16)13-14-5-9-20-10-6-14/h1-4,14,16,20H,5-13H2,(H2,19,22). The molecule has 1 aromatic rings. The number of nitrogens with zero attached hydrogens (tertiary/aromatic N) is 1. The van der Waals surface area contributed by atoms with Gasteiger partial charge in [-0.3, -0.25) is 4.79 Å². The van der Waals surface area contributed by atoms with Gasteiger partial charge in [0.05, 0.1) is 0 Å². The lowest BCUT2D eigenvalue weighted by atomic mass is 9.88. The van der Waals surface area contributed by atoms with E-state index < -0.39 is 0 Å². The Bertz CT molecular complexity index is 486. The summed E-state index contributed by atoms with van der Waals surface area (Å²) in [6.45, 7) is 6.05. The van der Waals surface area contributed by atoms with Crippen LogP contribution in [-0.2, 0) is 0 Å². The van der Waals surface area contributed by atoms with Crippen molar-refractivity contribution in [2.24, 2.45) is 11.7 Å². The minimum absolute atomic E-state index is 0.344. The average molecular weight is 301 g/mol. The summed E-state index contributed by atoms with van der Waals surface area (Å²) in [7, 11) is 0. The molecule has 0 unspecified atom stereocenters. The molecule has 1 amide bonds. The zero-order valence-corrected chi connectivity index (χ0v) is 13.3. The Hall–Kier alpha value is -1.39. The minimum atomic E-state index is -0.344. The molecule has 0 bridgehead atoms. The van der Waals surface area contributed by atoms with Crippen LogP contribution in [0.5, 0.6) is 0 Å². The Labute approximate surface area is 133 Å². The molecule has 0 aromatic heterocycles. The van der Waals surface area contributed by atoms with E-state index in [2.05, 4.69) is 22.3 Å². The lowest BCUT2D eigenvalue weighted by Crippen LogP contribution is -2.39. The van der Waals surface area contributed by atoms with E-state index in [0.717, 1.165) is 5.92 Å². The van der Waals surface area contributed by atoms with Gasteiger partial charge in [0, 0.05) is 12.1 Å². The zero-order valence-electron chi connectivity index (χ0n) is 13.3. The van der Waals surface area contributed by atoms with Crippen molar-refractivity contribution in [2.45, 2.75) is 31.6 Å². The molecule has 0 spiro atoms. The van der Waals surface area contributed by atoms with Gasteiger partial charge in [0.2, 0.25) is 5.91 Å². The molecule has 4 nitrogen and oxygen atoms in total. The molecule has 0 atom stereocenters. The first-order valence-corrected chi connectivity index (χ1v) is 8.55. The Balaban J connectivity index is 1.49. The summed E-state index contributed by atoms with van der Waals surface area (Å²) in [5.41, 5.74) is 7.26. The quantitative estimate of drug-likeness (QED) is 0.894. The van der Waals surface area contributed by atoms with Crippen LogP contribution in [0.15, 0.2) is 24.3 Å². The molecule has 1 aromatic carbocycles. The van der Waals surface area contributed by atoms with Gasteiger partial charge in [0.25, 0.3) is 0 Å². The summed E-state index contributed by atoms with van der Waals surface area (Å²) in [5, 5.41) is 3.44. The molecule has 2 aliphatic heterocycles. The van der Waals surface area contributed by atoms with Crippen molar-refractivity contribution in [2.75, 3.05) is 32.7 Å². The average Bonchev–Trinajstić information content (AvgIpc) is 2.57.